The Bertz CT molecular complexity index is 1020. The Morgan fingerprint density at radius 3 is 2.72 bits per heavy atom. The van der Waals surface area contributed by atoms with Gasteiger partial charge in [-0.1, -0.05) is 6.07 Å². The second-order valence-electron chi connectivity index (χ2n) is 5.60. The highest BCUT2D eigenvalue weighted by atomic mass is 16.4. The number of aryl methyl sites for hydroxylation is 1. The van der Waals surface area contributed by atoms with Gasteiger partial charge in [-0.3, -0.25) is 4.98 Å². The van der Waals surface area contributed by atoms with E-state index in [0.29, 0.717) is 28.2 Å². The molecule has 3 aromatic rings. The van der Waals surface area contributed by atoms with Crippen molar-refractivity contribution >= 4 is 11.8 Å². The molecule has 0 aliphatic rings. The standard InChI is InChI=1S/C18H15N5O2/c1-9-15(18(24)25)10(2)22-16(9)14-6-12(11-4-3-5-21-8-11)13(7-19)17(20)23-14/h3-6,8,22H,1-2H3,(H2,20,23)(H,24,25). The quantitative estimate of drug-likeness (QED) is 0.676. The SMILES string of the molecule is Cc1[nH]c(-c2cc(-c3cccnc3)c(C#N)c(N)n2)c(C)c1C(=O)O. The van der Waals surface area contributed by atoms with Crippen LogP contribution in [0.15, 0.2) is 30.6 Å². The van der Waals surface area contributed by atoms with Gasteiger partial charge < -0.3 is 15.8 Å². The molecule has 3 aromatic heterocycles. The summed E-state index contributed by atoms with van der Waals surface area (Å²) in [6.07, 6.45) is 3.27. The molecule has 0 radical (unpaired) electrons. The molecule has 0 bridgehead atoms. The molecule has 0 saturated heterocycles. The number of carboxylic acids is 1. The molecule has 0 unspecified atom stereocenters. The number of carbonyl (C=O) groups is 1. The maximum atomic E-state index is 11.4. The molecule has 25 heavy (non-hydrogen) atoms. The van der Waals surface area contributed by atoms with Gasteiger partial charge in [0.15, 0.2) is 0 Å². The van der Waals surface area contributed by atoms with E-state index in [9.17, 15) is 15.2 Å². The van der Waals surface area contributed by atoms with Crippen LogP contribution in [0.4, 0.5) is 5.82 Å². The van der Waals surface area contributed by atoms with Crippen molar-refractivity contribution in [1.29, 1.82) is 5.26 Å². The molecular weight excluding hydrogens is 318 g/mol. The summed E-state index contributed by atoms with van der Waals surface area (Å²) in [5, 5.41) is 18.8. The van der Waals surface area contributed by atoms with Gasteiger partial charge >= 0.3 is 5.97 Å². The number of aromatic carboxylic acids is 1. The first kappa shape index (κ1) is 16.2. The number of nitrogens with zero attached hydrogens (tertiary/aromatic N) is 3. The maximum absolute atomic E-state index is 11.4. The van der Waals surface area contributed by atoms with Crippen LogP contribution in [0.25, 0.3) is 22.5 Å². The number of nitriles is 1. The summed E-state index contributed by atoms with van der Waals surface area (Å²) in [5.41, 5.74) is 9.92. The first-order chi connectivity index (χ1) is 11.9. The number of hydrogen-bond acceptors (Lipinski definition) is 5. The van der Waals surface area contributed by atoms with E-state index in [-0.39, 0.29) is 16.9 Å². The highest BCUT2D eigenvalue weighted by Crippen LogP contribution is 2.33. The Kier molecular flexibility index (Phi) is 3.95. The molecule has 0 atom stereocenters. The van der Waals surface area contributed by atoms with Crippen molar-refractivity contribution in [2.45, 2.75) is 13.8 Å². The maximum Gasteiger partial charge on any atom is 0.337 e. The lowest BCUT2D eigenvalue weighted by Crippen LogP contribution is -2.01. The van der Waals surface area contributed by atoms with E-state index in [4.69, 9.17) is 5.73 Å². The lowest BCUT2D eigenvalue weighted by Gasteiger charge is -2.09. The van der Waals surface area contributed by atoms with Crippen molar-refractivity contribution in [2.75, 3.05) is 5.73 Å². The normalized spacial score (nSPS) is 10.4. The van der Waals surface area contributed by atoms with E-state index in [2.05, 4.69) is 21.0 Å². The average molecular weight is 333 g/mol. The van der Waals surface area contributed by atoms with Crippen molar-refractivity contribution in [2.24, 2.45) is 0 Å². The van der Waals surface area contributed by atoms with Crippen molar-refractivity contribution in [1.82, 2.24) is 15.0 Å². The molecule has 3 heterocycles. The van der Waals surface area contributed by atoms with Crippen molar-refractivity contribution in [3.8, 4) is 28.6 Å². The fourth-order valence-corrected chi connectivity index (χ4v) is 2.89. The molecule has 124 valence electrons. The second-order valence-corrected chi connectivity index (χ2v) is 5.60. The third-order valence-electron chi connectivity index (χ3n) is 4.04. The van der Waals surface area contributed by atoms with E-state index in [1.807, 2.05) is 6.07 Å². The number of nitrogen functional groups attached to an aromatic ring is 1. The molecule has 0 saturated carbocycles. The third-order valence-corrected chi connectivity index (χ3v) is 4.04. The van der Waals surface area contributed by atoms with Crippen LogP contribution < -0.4 is 5.73 Å². The van der Waals surface area contributed by atoms with Crippen LogP contribution in [0.1, 0.15) is 27.2 Å². The summed E-state index contributed by atoms with van der Waals surface area (Å²) in [6, 6.07) is 7.37. The minimum Gasteiger partial charge on any atom is -0.478 e. The van der Waals surface area contributed by atoms with E-state index in [1.54, 1.807) is 38.4 Å². The van der Waals surface area contributed by atoms with E-state index >= 15 is 0 Å². The molecule has 0 aliphatic carbocycles. The van der Waals surface area contributed by atoms with Crippen LogP contribution in [0.3, 0.4) is 0 Å². The molecule has 0 fully saturated rings. The van der Waals surface area contributed by atoms with Gasteiger partial charge in [-0.15, -0.1) is 0 Å². The van der Waals surface area contributed by atoms with Gasteiger partial charge in [-0.05, 0) is 31.5 Å². The van der Waals surface area contributed by atoms with Gasteiger partial charge in [0.1, 0.15) is 17.5 Å². The minimum absolute atomic E-state index is 0.0855. The topological polar surface area (TPSA) is 129 Å². The molecule has 0 spiro atoms. The van der Waals surface area contributed by atoms with Crippen molar-refractivity contribution in [3.05, 3.63) is 53.0 Å². The van der Waals surface area contributed by atoms with Gasteiger partial charge in [0.05, 0.1) is 17.0 Å². The lowest BCUT2D eigenvalue weighted by molar-refractivity contribution is 0.0695. The van der Waals surface area contributed by atoms with Gasteiger partial charge in [0, 0.05) is 29.2 Å². The smallest absolute Gasteiger partial charge is 0.337 e. The van der Waals surface area contributed by atoms with E-state index < -0.39 is 5.97 Å². The molecular formula is C18H15N5O2. The molecule has 0 amide bonds. The molecule has 3 rings (SSSR count). The third kappa shape index (κ3) is 2.70. The Balaban J connectivity index is 2.27. The minimum atomic E-state index is -1.01. The summed E-state index contributed by atoms with van der Waals surface area (Å²) in [7, 11) is 0. The van der Waals surface area contributed by atoms with Crippen LogP contribution in [0.2, 0.25) is 0 Å². The summed E-state index contributed by atoms with van der Waals surface area (Å²) in [6.45, 7) is 3.40. The zero-order chi connectivity index (χ0) is 18.1. The van der Waals surface area contributed by atoms with Crippen LogP contribution >= 0.6 is 0 Å². The lowest BCUT2D eigenvalue weighted by atomic mass is 10.00. The van der Waals surface area contributed by atoms with Gasteiger partial charge in [0.2, 0.25) is 0 Å². The fourth-order valence-electron chi connectivity index (χ4n) is 2.89. The second kappa shape index (κ2) is 6.09. The molecule has 4 N–H and O–H groups in total. The Morgan fingerprint density at radius 1 is 1.40 bits per heavy atom. The van der Waals surface area contributed by atoms with Crippen molar-refractivity contribution in [3.63, 3.8) is 0 Å². The highest BCUT2D eigenvalue weighted by Gasteiger charge is 2.21. The number of H-pyrrole nitrogens is 1. The van der Waals surface area contributed by atoms with E-state index in [1.165, 1.54) is 0 Å². The summed E-state index contributed by atoms with van der Waals surface area (Å²) in [4.78, 5) is 22.8. The molecule has 7 nitrogen and oxygen atoms in total. The zero-order valence-corrected chi connectivity index (χ0v) is 13.7. The summed E-state index contributed by atoms with van der Waals surface area (Å²) >= 11 is 0. The number of aromatic nitrogens is 3. The predicted molar refractivity (Wildman–Crippen MR) is 92.8 cm³/mol. The van der Waals surface area contributed by atoms with Crippen LogP contribution in [0.5, 0.6) is 0 Å². The monoisotopic (exact) mass is 333 g/mol. The Hall–Kier alpha value is -3.66. The first-order valence-corrected chi connectivity index (χ1v) is 7.47. The average Bonchev–Trinajstić information content (AvgIpc) is 2.89. The van der Waals surface area contributed by atoms with Gasteiger partial charge in [-0.2, -0.15) is 5.26 Å². The van der Waals surface area contributed by atoms with Crippen LogP contribution in [-0.4, -0.2) is 26.0 Å². The number of pyridine rings is 2. The largest absolute Gasteiger partial charge is 0.478 e. The van der Waals surface area contributed by atoms with Gasteiger partial charge in [0.25, 0.3) is 0 Å². The number of rotatable bonds is 3. The Morgan fingerprint density at radius 2 is 2.16 bits per heavy atom. The Labute approximate surface area is 143 Å². The number of hydrogen-bond donors (Lipinski definition) is 3. The number of aromatic amines is 1. The summed E-state index contributed by atoms with van der Waals surface area (Å²) in [5.74, 6) is -0.922. The first-order valence-electron chi connectivity index (χ1n) is 7.47. The van der Waals surface area contributed by atoms with Gasteiger partial charge in [-0.25, -0.2) is 9.78 Å². The molecule has 0 aliphatic heterocycles. The zero-order valence-electron chi connectivity index (χ0n) is 13.7. The predicted octanol–water partition coefficient (Wildman–Crippen LogP) is 2.91. The number of carboxylic acid groups (broad SMARTS) is 1. The highest BCUT2D eigenvalue weighted by molar-refractivity contribution is 5.93. The summed E-state index contributed by atoms with van der Waals surface area (Å²) < 4.78 is 0. The number of nitrogens with one attached hydrogen (secondary N) is 1. The fraction of sp³-hybridized carbons (Fsp3) is 0.111. The van der Waals surface area contributed by atoms with Crippen LogP contribution in [0, 0.1) is 25.2 Å². The number of nitrogens with two attached hydrogens (primary N) is 1. The molecule has 7 heteroatoms. The van der Waals surface area contributed by atoms with Crippen molar-refractivity contribution < 1.29 is 9.90 Å². The molecule has 0 aromatic carbocycles. The van der Waals surface area contributed by atoms with E-state index in [0.717, 1.165) is 5.56 Å². The van der Waals surface area contributed by atoms with Crippen LogP contribution in [-0.2, 0) is 0 Å². The number of anilines is 1.